The van der Waals surface area contributed by atoms with Crippen LogP contribution in [0.4, 0.5) is 0 Å². The van der Waals surface area contributed by atoms with Crippen molar-refractivity contribution in [2.24, 2.45) is 0 Å². The van der Waals surface area contributed by atoms with E-state index in [0.29, 0.717) is 6.04 Å². The molecule has 0 saturated heterocycles. The number of rotatable bonds is 6. The summed E-state index contributed by atoms with van der Waals surface area (Å²) in [5, 5.41) is 6.64. The molecule has 1 fully saturated rings. The van der Waals surface area contributed by atoms with Crippen LogP contribution in [0.2, 0.25) is 0 Å². The van der Waals surface area contributed by atoms with E-state index in [0.717, 1.165) is 12.8 Å². The molecule has 0 bridgehead atoms. The van der Waals surface area contributed by atoms with E-state index in [-0.39, 0.29) is 5.60 Å². The maximum Gasteiger partial charge on any atom is 0.0940 e. The van der Waals surface area contributed by atoms with Gasteiger partial charge in [0.25, 0.3) is 0 Å². The summed E-state index contributed by atoms with van der Waals surface area (Å²) in [6.07, 6.45) is 7.71. The minimum Gasteiger partial charge on any atom is -0.378 e. The standard InChI is InChI=1S/C12H20N2OS/c1-13-10(8-11-14-6-7-16-11)9-12(15-2)4-3-5-12/h6-7,10,13H,3-5,8-9H2,1-2H3. The lowest BCUT2D eigenvalue weighted by atomic mass is 9.75. The van der Waals surface area contributed by atoms with Crippen molar-refractivity contribution in [3.63, 3.8) is 0 Å². The first-order chi connectivity index (χ1) is 7.78. The molecule has 90 valence electrons. The fourth-order valence-electron chi connectivity index (χ4n) is 2.35. The number of likely N-dealkylation sites (N-methyl/N-ethyl adjacent to an activating group) is 1. The quantitative estimate of drug-likeness (QED) is 0.828. The maximum atomic E-state index is 5.67. The molecule has 0 radical (unpaired) electrons. The van der Waals surface area contributed by atoms with E-state index in [4.69, 9.17) is 4.74 Å². The van der Waals surface area contributed by atoms with Crippen LogP contribution in [0.5, 0.6) is 0 Å². The smallest absolute Gasteiger partial charge is 0.0940 e. The van der Waals surface area contributed by atoms with Gasteiger partial charge in [-0.15, -0.1) is 11.3 Å². The lowest BCUT2D eigenvalue weighted by molar-refractivity contribution is -0.0830. The molecule has 1 atom stereocenters. The highest BCUT2D eigenvalue weighted by atomic mass is 32.1. The van der Waals surface area contributed by atoms with Crippen molar-refractivity contribution in [2.75, 3.05) is 14.2 Å². The Morgan fingerprint density at radius 3 is 2.88 bits per heavy atom. The van der Waals surface area contributed by atoms with Crippen molar-refractivity contribution in [1.29, 1.82) is 0 Å². The van der Waals surface area contributed by atoms with E-state index in [1.54, 1.807) is 11.3 Å². The van der Waals surface area contributed by atoms with Gasteiger partial charge in [-0.1, -0.05) is 0 Å². The number of thiazole rings is 1. The number of methoxy groups -OCH3 is 1. The largest absolute Gasteiger partial charge is 0.378 e. The second kappa shape index (κ2) is 5.25. The van der Waals surface area contributed by atoms with Crippen molar-refractivity contribution >= 4 is 11.3 Å². The zero-order valence-electron chi connectivity index (χ0n) is 10.0. The Kier molecular flexibility index (Phi) is 3.95. The Morgan fingerprint density at radius 2 is 2.44 bits per heavy atom. The summed E-state index contributed by atoms with van der Waals surface area (Å²) in [5.41, 5.74) is 0.144. The summed E-state index contributed by atoms with van der Waals surface area (Å²) < 4.78 is 5.67. The lowest BCUT2D eigenvalue weighted by Gasteiger charge is -2.42. The molecule has 1 aromatic rings. The summed E-state index contributed by atoms with van der Waals surface area (Å²) >= 11 is 1.73. The van der Waals surface area contributed by atoms with Gasteiger partial charge in [0.05, 0.1) is 10.6 Å². The average molecular weight is 240 g/mol. The van der Waals surface area contributed by atoms with Crippen molar-refractivity contribution in [3.05, 3.63) is 16.6 Å². The highest BCUT2D eigenvalue weighted by Crippen LogP contribution is 2.39. The van der Waals surface area contributed by atoms with Crippen LogP contribution < -0.4 is 5.32 Å². The second-order valence-corrected chi connectivity index (χ2v) is 5.54. The molecule has 1 aliphatic rings. The van der Waals surface area contributed by atoms with Gasteiger partial charge in [-0.25, -0.2) is 4.98 Å². The molecule has 0 aromatic carbocycles. The van der Waals surface area contributed by atoms with Gasteiger partial charge in [0, 0.05) is 31.1 Å². The van der Waals surface area contributed by atoms with E-state index in [9.17, 15) is 0 Å². The van der Waals surface area contributed by atoms with Gasteiger partial charge in [-0.05, 0) is 32.7 Å². The molecule has 1 unspecified atom stereocenters. The minimum atomic E-state index is 0.144. The van der Waals surface area contributed by atoms with Crippen LogP contribution in [-0.4, -0.2) is 30.8 Å². The predicted molar refractivity (Wildman–Crippen MR) is 66.9 cm³/mol. The number of hydrogen-bond acceptors (Lipinski definition) is 4. The number of ether oxygens (including phenoxy) is 1. The number of hydrogen-bond donors (Lipinski definition) is 1. The number of nitrogens with zero attached hydrogens (tertiary/aromatic N) is 1. The average Bonchev–Trinajstić information content (AvgIpc) is 2.74. The first kappa shape index (κ1) is 12.0. The molecule has 16 heavy (non-hydrogen) atoms. The van der Waals surface area contributed by atoms with E-state index in [2.05, 4.69) is 10.3 Å². The summed E-state index contributed by atoms with van der Waals surface area (Å²) in [6.45, 7) is 0. The zero-order valence-corrected chi connectivity index (χ0v) is 10.8. The van der Waals surface area contributed by atoms with E-state index >= 15 is 0 Å². The summed E-state index contributed by atoms with van der Waals surface area (Å²) in [7, 11) is 3.87. The Labute approximate surface area is 101 Å². The molecule has 1 heterocycles. The highest BCUT2D eigenvalue weighted by Gasteiger charge is 2.38. The molecule has 1 saturated carbocycles. The fraction of sp³-hybridized carbons (Fsp3) is 0.750. The zero-order chi connectivity index (χ0) is 11.4. The number of nitrogens with one attached hydrogen (secondary N) is 1. The van der Waals surface area contributed by atoms with Crippen LogP contribution in [0, 0.1) is 0 Å². The topological polar surface area (TPSA) is 34.2 Å². The van der Waals surface area contributed by atoms with Crippen molar-refractivity contribution < 1.29 is 4.74 Å². The van der Waals surface area contributed by atoms with Gasteiger partial charge in [0.2, 0.25) is 0 Å². The Hall–Kier alpha value is -0.450. The summed E-state index contributed by atoms with van der Waals surface area (Å²) in [5.74, 6) is 0. The normalized spacial score (nSPS) is 20.4. The van der Waals surface area contributed by atoms with Gasteiger partial charge in [-0.2, -0.15) is 0 Å². The number of aromatic nitrogens is 1. The Balaban J connectivity index is 1.90. The molecule has 0 aliphatic heterocycles. The molecule has 3 nitrogen and oxygen atoms in total. The van der Waals surface area contributed by atoms with Gasteiger partial charge < -0.3 is 10.1 Å². The van der Waals surface area contributed by atoms with Crippen LogP contribution in [0.1, 0.15) is 30.7 Å². The van der Waals surface area contributed by atoms with Gasteiger partial charge in [0.1, 0.15) is 0 Å². The SMILES string of the molecule is CNC(Cc1nccs1)CC1(OC)CCC1. The van der Waals surface area contributed by atoms with E-state index in [1.807, 2.05) is 25.7 Å². The molecule has 0 amide bonds. The second-order valence-electron chi connectivity index (χ2n) is 4.56. The summed E-state index contributed by atoms with van der Waals surface area (Å²) in [6, 6.07) is 0.478. The third kappa shape index (κ3) is 2.62. The highest BCUT2D eigenvalue weighted by molar-refractivity contribution is 7.09. The molecular formula is C12H20N2OS. The van der Waals surface area contributed by atoms with Crippen molar-refractivity contribution in [3.8, 4) is 0 Å². The van der Waals surface area contributed by atoms with Crippen LogP contribution in [0.3, 0.4) is 0 Å². The van der Waals surface area contributed by atoms with E-state index in [1.165, 1.54) is 24.3 Å². The van der Waals surface area contributed by atoms with Crippen molar-refractivity contribution in [1.82, 2.24) is 10.3 Å². The Morgan fingerprint density at radius 1 is 1.62 bits per heavy atom. The van der Waals surface area contributed by atoms with Crippen LogP contribution in [0.25, 0.3) is 0 Å². The molecule has 4 heteroatoms. The van der Waals surface area contributed by atoms with Crippen LogP contribution in [0.15, 0.2) is 11.6 Å². The monoisotopic (exact) mass is 240 g/mol. The third-order valence-corrected chi connectivity index (χ3v) is 4.43. The molecule has 1 N–H and O–H groups in total. The van der Waals surface area contributed by atoms with Crippen LogP contribution in [-0.2, 0) is 11.2 Å². The molecule has 1 aromatic heterocycles. The predicted octanol–water partition coefficient (Wildman–Crippen LogP) is 2.23. The first-order valence-electron chi connectivity index (χ1n) is 5.89. The summed E-state index contributed by atoms with van der Waals surface area (Å²) in [4.78, 5) is 4.34. The molecule has 2 rings (SSSR count). The van der Waals surface area contributed by atoms with Gasteiger partial charge >= 0.3 is 0 Å². The minimum absolute atomic E-state index is 0.144. The van der Waals surface area contributed by atoms with E-state index < -0.39 is 0 Å². The molecule has 0 spiro atoms. The van der Waals surface area contributed by atoms with Gasteiger partial charge in [-0.3, -0.25) is 0 Å². The van der Waals surface area contributed by atoms with Crippen molar-refractivity contribution in [2.45, 2.75) is 43.7 Å². The van der Waals surface area contributed by atoms with Crippen LogP contribution >= 0.6 is 11.3 Å². The Bertz CT molecular complexity index is 303. The first-order valence-corrected chi connectivity index (χ1v) is 6.77. The fourth-order valence-corrected chi connectivity index (χ4v) is 3.05. The molecule has 1 aliphatic carbocycles. The van der Waals surface area contributed by atoms with Gasteiger partial charge in [0.15, 0.2) is 0 Å². The lowest BCUT2D eigenvalue weighted by Crippen LogP contribution is -2.45. The third-order valence-electron chi connectivity index (χ3n) is 3.63. The maximum absolute atomic E-state index is 5.67. The molecular weight excluding hydrogens is 220 g/mol.